The third-order valence-electron chi connectivity index (χ3n) is 1.68. The molecule has 90 valence electrons. The van der Waals surface area contributed by atoms with Gasteiger partial charge in [0.1, 0.15) is 11.4 Å². The molecule has 0 aromatic carbocycles. The van der Waals surface area contributed by atoms with Gasteiger partial charge in [-0.15, -0.1) is 0 Å². The van der Waals surface area contributed by atoms with E-state index in [4.69, 9.17) is 0 Å². The van der Waals surface area contributed by atoms with Gasteiger partial charge < -0.3 is 5.32 Å². The van der Waals surface area contributed by atoms with Crippen LogP contribution in [-0.2, 0) is 0 Å². The van der Waals surface area contributed by atoms with Gasteiger partial charge in [0.25, 0.3) is 5.91 Å². The van der Waals surface area contributed by atoms with Crippen LogP contribution in [-0.4, -0.2) is 23.2 Å². The van der Waals surface area contributed by atoms with Crippen molar-refractivity contribution in [1.82, 2.24) is 10.3 Å². The molecule has 0 saturated heterocycles. The molecule has 0 aliphatic heterocycles. The summed E-state index contributed by atoms with van der Waals surface area (Å²) >= 11 is 0. The molecule has 0 saturated carbocycles. The van der Waals surface area contributed by atoms with Gasteiger partial charge in [-0.05, 0) is 19.1 Å². The molecule has 16 heavy (non-hydrogen) atoms. The number of aromatic nitrogens is 1. The molecule has 1 heterocycles. The zero-order chi connectivity index (χ0) is 12.6. The van der Waals surface area contributed by atoms with Crippen molar-refractivity contribution in [1.29, 1.82) is 0 Å². The number of ketones is 1. The van der Waals surface area contributed by atoms with Gasteiger partial charge in [-0.25, -0.2) is 4.98 Å². The molecule has 0 spiro atoms. The van der Waals surface area contributed by atoms with Crippen LogP contribution in [0.4, 0.5) is 0 Å². The van der Waals surface area contributed by atoms with Crippen LogP contribution in [0.15, 0.2) is 18.2 Å². The smallest absolute Gasteiger partial charge is 0.269 e. The fourth-order valence-corrected chi connectivity index (χ4v) is 1.01. The van der Waals surface area contributed by atoms with E-state index in [1.54, 1.807) is 18.2 Å². The lowest BCUT2D eigenvalue weighted by Gasteiger charge is -2.01. The first kappa shape index (κ1) is 14.3. The number of carbonyl (C=O) groups excluding carboxylic acids is 2. The van der Waals surface area contributed by atoms with Gasteiger partial charge in [0.2, 0.25) is 0 Å². The third kappa shape index (κ3) is 4.21. The number of amides is 1. The standard InChI is InChI=1S/C10H12N2O2.C2H6.H2/c1-3-11-10(14)9-6-4-5-8(12-9)7(2)13;1-2;/h4-6H,3H2,1-2H3,(H,11,14);1-2H3;1H. The zero-order valence-electron chi connectivity index (χ0n) is 10.2. The number of rotatable bonds is 3. The van der Waals surface area contributed by atoms with Gasteiger partial charge in [-0.3, -0.25) is 9.59 Å². The van der Waals surface area contributed by atoms with Crippen molar-refractivity contribution in [3.05, 3.63) is 29.6 Å². The van der Waals surface area contributed by atoms with E-state index in [-0.39, 0.29) is 18.8 Å². The first-order chi connectivity index (χ1) is 7.65. The highest BCUT2D eigenvalue weighted by atomic mass is 16.2. The van der Waals surface area contributed by atoms with Gasteiger partial charge in [-0.1, -0.05) is 19.9 Å². The minimum absolute atomic E-state index is 0. The van der Waals surface area contributed by atoms with E-state index < -0.39 is 0 Å². The lowest BCUT2D eigenvalue weighted by atomic mass is 10.2. The summed E-state index contributed by atoms with van der Waals surface area (Å²) in [6.07, 6.45) is 0. The maximum atomic E-state index is 11.3. The average Bonchev–Trinajstić information content (AvgIpc) is 2.32. The Morgan fingerprint density at radius 3 is 2.38 bits per heavy atom. The number of Topliss-reactive ketones (excluding diaryl/α,β-unsaturated/α-hetero) is 1. The second kappa shape index (κ2) is 7.56. The molecule has 0 aliphatic carbocycles. The first-order valence-corrected chi connectivity index (χ1v) is 5.41. The van der Waals surface area contributed by atoms with Crippen LogP contribution in [0.25, 0.3) is 0 Å². The second-order valence-electron chi connectivity index (χ2n) is 2.82. The molecule has 1 aromatic heterocycles. The van der Waals surface area contributed by atoms with Crippen molar-refractivity contribution < 1.29 is 11.0 Å². The number of carbonyl (C=O) groups is 2. The Labute approximate surface area is 97.6 Å². The van der Waals surface area contributed by atoms with Gasteiger partial charge in [0, 0.05) is 14.9 Å². The summed E-state index contributed by atoms with van der Waals surface area (Å²) < 4.78 is 0. The average molecular weight is 224 g/mol. The Morgan fingerprint density at radius 2 is 1.88 bits per heavy atom. The predicted octanol–water partition coefficient (Wildman–Crippen LogP) is 2.31. The van der Waals surface area contributed by atoms with E-state index in [2.05, 4.69) is 10.3 Å². The molecule has 0 atom stereocenters. The summed E-state index contributed by atoms with van der Waals surface area (Å²) in [5.41, 5.74) is 0.591. The maximum absolute atomic E-state index is 11.3. The molecule has 0 unspecified atom stereocenters. The lowest BCUT2D eigenvalue weighted by Crippen LogP contribution is -2.24. The van der Waals surface area contributed by atoms with Gasteiger partial charge >= 0.3 is 0 Å². The Morgan fingerprint density at radius 1 is 1.31 bits per heavy atom. The Balaban J connectivity index is 0. The van der Waals surface area contributed by atoms with Crippen LogP contribution in [0, 0.1) is 0 Å². The molecule has 1 amide bonds. The fraction of sp³-hybridized carbons (Fsp3) is 0.417. The fourth-order valence-electron chi connectivity index (χ4n) is 1.01. The van der Waals surface area contributed by atoms with Crippen molar-refractivity contribution in [2.45, 2.75) is 27.7 Å². The number of nitrogens with zero attached hydrogens (tertiary/aromatic N) is 1. The Kier molecular flexibility index (Phi) is 6.76. The highest BCUT2D eigenvalue weighted by molar-refractivity contribution is 5.96. The van der Waals surface area contributed by atoms with E-state index in [0.29, 0.717) is 12.2 Å². The van der Waals surface area contributed by atoms with Gasteiger partial charge in [0.15, 0.2) is 5.78 Å². The van der Waals surface area contributed by atoms with Gasteiger partial charge in [-0.2, -0.15) is 0 Å². The summed E-state index contributed by atoms with van der Waals surface area (Å²) in [5.74, 6) is -0.397. The molecule has 1 N–H and O–H groups in total. The summed E-state index contributed by atoms with van der Waals surface area (Å²) in [6, 6.07) is 4.82. The second-order valence-corrected chi connectivity index (χ2v) is 2.82. The molecule has 0 aliphatic rings. The van der Waals surface area contributed by atoms with Crippen molar-refractivity contribution >= 4 is 11.7 Å². The van der Waals surface area contributed by atoms with E-state index in [9.17, 15) is 9.59 Å². The largest absolute Gasteiger partial charge is 0.351 e. The van der Waals surface area contributed by atoms with Crippen LogP contribution in [0.5, 0.6) is 0 Å². The molecule has 4 heteroatoms. The summed E-state index contributed by atoms with van der Waals surface area (Å²) in [7, 11) is 0. The summed E-state index contributed by atoms with van der Waals surface area (Å²) in [5, 5.41) is 2.62. The third-order valence-corrected chi connectivity index (χ3v) is 1.68. The monoisotopic (exact) mass is 224 g/mol. The van der Waals surface area contributed by atoms with E-state index in [1.807, 2.05) is 20.8 Å². The van der Waals surface area contributed by atoms with Crippen LogP contribution < -0.4 is 5.32 Å². The van der Waals surface area contributed by atoms with Crippen LogP contribution in [0.3, 0.4) is 0 Å². The number of pyridine rings is 1. The SMILES string of the molecule is CC.CCNC(=O)c1cccc(C(C)=O)n1.[HH]. The molecule has 0 fully saturated rings. The normalized spacial score (nSPS) is 8.75. The molecule has 0 radical (unpaired) electrons. The molecule has 1 aromatic rings. The van der Waals surface area contributed by atoms with E-state index >= 15 is 0 Å². The molecular formula is C12H20N2O2. The summed E-state index contributed by atoms with van der Waals surface area (Å²) in [6.45, 7) is 7.79. The molecule has 1 rings (SSSR count). The minimum Gasteiger partial charge on any atom is -0.351 e. The highest BCUT2D eigenvalue weighted by Gasteiger charge is 2.07. The van der Waals surface area contributed by atoms with Crippen LogP contribution in [0.2, 0.25) is 0 Å². The lowest BCUT2D eigenvalue weighted by molar-refractivity contribution is 0.0950. The topological polar surface area (TPSA) is 59.1 Å². The van der Waals surface area contributed by atoms with Gasteiger partial charge in [0.05, 0.1) is 0 Å². The zero-order valence-corrected chi connectivity index (χ0v) is 10.2. The van der Waals surface area contributed by atoms with E-state index in [1.165, 1.54) is 6.92 Å². The minimum atomic E-state index is -0.254. The molecule has 4 nitrogen and oxygen atoms in total. The van der Waals surface area contributed by atoms with Crippen molar-refractivity contribution in [2.24, 2.45) is 0 Å². The van der Waals surface area contributed by atoms with Crippen molar-refractivity contribution in [3.63, 3.8) is 0 Å². The number of nitrogens with one attached hydrogen (secondary N) is 1. The quantitative estimate of drug-likeness (QED) is 0.801. The van der Waals surface area contributed by atoms with Crippen LogP contribution >= 0.6 is 0 Å². The molecular weight excluding hydrogens is 204 g/mol. The number of hydrogen-bond acceptors (Lipinski definition) is 3. The highest BCUT2D eigenvalue weighted by Crippen LogP contribution is 2.00. The predicted molar refractivity (Wildman–Crippen MR) is 65.7 cm³/mol. The van der Waals surface area contributed by atoms with Crippen LogP contribution in [0.1, 0.15) is 50.1 Å². The van der Waals surface area contributed by atoms with Crippen molar-refractivity contribution in [2.75, 3.05) is 6.54 Å². The molecule has 0 bridgehead atoms. The van der Waals surface area contributed by atoms with E-state index in [0.717, 1.165) is 0 Å². The Hall–Kier alpha value is -1.71. The number of hydrogen-bond donors (Lipinski definition) is 1. The Bertz CT molecular complexity index is 367. The first-order valence-electron chi connectivity index (χ1n) is 5.41. The van der Waals surface area contributed by atoms with Crippen molar-refractivity contribution in [3.8, 4) is 0 Å². The maximum Gasteiger partial charge on any atom is 0.269 e. The summed E-state index contributed by atoms with van der Waals surface area (Å²) in [4.78, 5) is 26.2.